The van der Waals surface area contributed by atoms with Crippen LogP contribution in [0.4, 0.5) is 0 Å². The van der Waals surface area contributed by atoms with E-state index in [-0.39, 0.29) is 18.9 Å². The summed E-state index contributed by atoms with van der Waals surface area (Å²) in [5.74, 6) is -0.276. The van der Waals surface area contributed by atoms with E-state index in [0.717, 1.165) is 25.7 Å². The Kier molecular flexibility index (Phi) is 46.5. The second kappa shape index (κ2) is 47.0. The molecule has 0 heterocycles. The number of carbonyl (C=O) groups is 1. The average molecular weight is 794 g/mol. The first-order valence-electron chi connectivity index (χ1n) is 25.8. The van der Waals surface area contributed by atoms with E-state index in [0.29, 0.717) is 12.8 Å². The topological polar surface area (TPSA) is 89.8 Å². The fourth-order valence-corrected chi connectivity index (χ4v) is 8.47. The van der Waals surface area contributed by atoms with Crippen LogP contribution in [-0.2, 0) is 4.79 Å². The molecule has 5 nitrogen and oxygen atoms in total. The van der Waals surface area contributed by atoms with Gasteiger partial charge in [0.15, 0.2) is 0 Å². The lowest BCUT2D eigenvalue weighted by Crippen LogP contribution is -2.46. The summed E-state index contributed by atoms with van der Waals surface area (Å²) in [6, 6.07) is -0.653. The third kappa shape index (κ3) is 42.9. The molecule has 0 bridgehead atoms. The van der Waals surface area contributed by atoms with Gasteiger partial charge in [0, 0.05) is 0 Å². The monoisotopic (exact) mass is 794 g/mol. The van der Waals surface area contributed by atoms with Gasteiger partial charge in [0.1, 0.15) is 0 Å². The van der Waals surface area contributed by atoms with Crippen molar-refractivity contribution in [3.63, 3.8) is 0 Å². The number of carbonyl (C=O) groups excluding carboxylic acids is 1. The minimum Gasteiger partial charge on any atom is -0.394 e. The van der Waals surface area contributed by atoms with Gasteiger partial charge in [-0.25, -0.2) is 0 Å². The molecule has 0 fully saturated rings. The summed E-state index contributed by atoms with van der Waals surface area (Å²) in [5, 5.41) is 33.6. The van der Waals surface area contributed by atoms with Crippen molar-refractivity contribution in [1.29, 1.82) is 0 Å². The molecular weight excluding hydrogens is 691 g/mol. The number of aliphatic hydroxyl groups is 3. The zero-order valence-corrected chi connectivity index (χ0v) is 38.3. The van der Waals surface area contributed by atoms with Crippen LogP contribution in [0.2, 0.25) is 0 Å². The molecule has 0 aromatic carbocycles. The van der Waals surface area contributed by atoms with Gasteiger partial charge in [-0.15, -0.1) is 0 Å². The first-order valence-corrected chi connectivity index (χ1v) is 25.8. The van der Waals surface area contributed by atoms with E-state index >= 15 is 0 Å². The normalized spacial score (nSPS) is 13.3. The molecule has 0 saturated carbocycles. The number of rotatable bonds is 48. The Morgan fingerprint density at radius 2 is 0.607 bits per heavy atom. The Morgan fingerprint density at radius 3 is 0.857 bits per heavy atom. The Labute approximate surface area is 351 Å². The van der Waals surface area contributed by atoms with Crippen LogP contribution in [-0.4, -0.2) is 46.1 Å². The van der Waals surface area contributed by atoms with E-state index in [1.165, 1.54) is 238 Å². The molecule has 5 heteroatoms. The number of aliphatic hydroxyl groups excluding tert-OH is 3. The molecule has 0 aliphatic carbocycles. The molecular formula is C51H103NO4. The molecule has 0 radical (unpaired) electrons. The second-order valence-electron chi connectivity index (χ2n) is 18.1. The van der Waals surface area contributed by atoms with Crippen molar-refractivity contribution < 1.29 is 20.1 Å². The van der Waals surface area contributed by atoms with Crippen LogP contribution in [0.5, 0.6) is 0 Å². The lowest BCUT2D eigenvalue weighted by Gasteiger charge is -2.23. The summed E-state index contributed by atoms with van der Waals surface area (Å²) in [6.45, 7) is 4.30. The van der Waals surface area contributed by atoms with E-state index in [1.54, 1.807) is 0 Å². The fraction of sp³-hybridized carbons (Fsp3) is 0.980. The number of hydrogen-bond acceptors (Lipinski definition) is 4. The predicted octanol–water partition coefficient (Wildman–Crippen LogP) is 15.4. The van der Waals surface area contributed by atoms with Gasteiger partial charge in [-0.2, -0.15) is 0 Å². The van der Waals surface area contributed by atoms with Gasteiger partial charge >= 0.3 is 0 Å². The van der Waals surface area contributed by atoms with Gasteiger partial charge in [0.2, 0.25) is 5.91 Å². The third-order valence-electron chi connectivity index (χ3n) is 12.4. The highest BCUT2D eigenvalue weighted by atomic mass is 16.3. The van der Waals surface area contributed by atoms with E-state index in [1.807, 2.05) is 0 Å². The number of amides is 1. The molecule has 56 heavy (non-hydrogen) atoms. The molecule has 1 amide bonds. The number of unbranched alkanes of at least 4 members (excludes halogenated alkanes) is 39. The summed E-state index contributed by atoms with van der Waals surface area (Å²) >= 11 is 0. The summed E-state index contributed by atoms with van der Waals surface area (Å²) in [5.41, 5.74) is 0. The van der Waals surface area contributed by atoms with E-state index in [9.17, 15) is 20.1 Å². The summed E-state index contributed by atoms with van der Waals surface area (Å²) in [6.07, 6.45) is 55.2. The molecule has 4 N–H and O–H groups in total. The first-order chi connectivity index (χ1) is 27.5. The maximum Gasteiger partial charge on any atom is 0.222 e. The van der Waals surface area contributed by atoms with Crippen molar-refractivity contribution in [1.82, 2.24) is 5.32 Å². The Bertz CT molecular complexity index is 747. The van der Waals surface area contributed by atoms with Gasteiger partial charge in [-0.05, 0) is 12.8 Å². The van der Waals surface area contributed by atoms with Crippen molar-refractivity contribution in [2.24, 2.45) is 0 Å². The highest BCUT2D eigenvalue weighted by Crippen LogP contribution is 2.18. The second-order valence-corrected chi connectivity index (χ2v) is 18.1. The smallest absolute Gasteiger partial charge is 0.222 e. The largest absolute Gasteiger partial charge is 0.394 e. The molecule has 0 aliphatic rings. The fourth-order valence-electron chi connectivity index (χ4n) is 8.47. The van der Waals surface area contributed by atoms with Crippen LogP contribution in [0, 0.1) is 0 Å². The standard InChI is InChI=1S/C51H103NO4/c1-3-5-7-9-11-13-15-17-19-21-23-24-25-26-27-29-31-33-35-37-39-41-43-45-50(55)49(47-53)52-51(56)46-48(54)44-42-40-38-36-34-32-30-28-22-20-18-16-14-12-10-8-6-4-2/h48-50,53-55H,3-47H2,1-2H3,(H,52,56). The lowest BCUT2D eigenvalue weighted by atomic mass is 10.0. The molecule has 3 unspecified atom stereocenters. The Hall–Kier alpha value is -0.650. The van der Waals surface area contributed by atoms with Crippen molar-refractivity contribution in [2.45, 2.75) is 315 Å². The molecule has 0 aliphatic heterocycles. The highest BCUT2D eigenvalue weighted by molar-refractivity contribution is 5.76. The van der Waals surface area contributed by atoms with Crippen molar-refractivity contribution in [3.8, 4) is 0 Å². The van der Waals surface area contributed by atoms with Crippen LogP contribution < -0.4 is 5.32 Å². The molecule has 0 aromatic rings. The minimum atomic E-state index is -0.745. The zero-order chi connectivity index (χ0) is 40.8. The Morgan fingerprint density at radius 1 is 0.375 bits per heavy atom. The molecule has 0 spiro atoms. The van der Waals surface area contributed by atoms with Gasteiger partial charge in [-0.3, -0.25) is 4.79 Å². The van der Waals surface area contributed by atoms with E-state index in [2.05, 4.69) is 19.2 Å². The van der Waals surface area contributed by atoms with Gasteiger partial charge in [0.25, 0.3) is 0 Å². The Balaban J connectivity index is 3.52. The van der Waals surface area contributed by atoms with Crippen LogP contribution in [0.3, 0.4) is 0 Å². The quantitative estimate of drug-likeness (QED) is 0.0462. The van der Waals surface area contributed by atoms with Crippen molar-refractivity contribution >= 4 is 5.91 Å². The van der Waals surface area contributed by atoms with Gasteiger partial charge < -0.3 is 20.6 Å². The molecule has 0 rings (SSSR count). The third-order valence-corrected chi connectivity index (χ3v) is 12.4. The van der Waals surface area contributed by atoms with E-state index in [4.69, 9.17) is 0 Å². The number of hydrogen-bond donors (Lipinski definition) is 4. The molecule has 0 aromatic heterocycles. The average Bonchev–Trinajstić information content (AvgIpc) is 3.19. The summed E-state index contributed by atoms with van der Waals surface area (Å²) in [4.78, 5) is 12.5. The minimum absolute atomic E-state index is 0.0433. The summed E-state index contributed by atoms with van der Waals surface area (Å²) in [7, 11) is 0. The SMILES string of the molecule is CCCCCCCCCCCCCCCCCCCCCCCCCC(O)C(CO)NC(=O)CC(O)CCCCCCCCCCCCCCCCCCCC. The zero-order valence-electron chi connectivity index (χ0n) is 38.3. The first kappa shape index (κ1) is 55.4. The van der Waals surface area contributed by atoms with E-state index < -0.39 is 18.2 Å². The maximum absolute atomic E-state index is 12.5. The maximum atomic E-state index is 12.5. The molecule has 336 valence electrons. The van der Waals surface area contributed by atoms with Gasteiger partial charge in [0.05, 0.1) is 31.3 Å². The van der Waals surface area contributed by atoms with Crippen LogP contribution in [0.25, 0.3) is 0 Å². The van der Waals surface area contributed by atoms with Crippen LogP contribution in [0.15, 0.2) is 0 Å². The van der Waals surface area contributed by atoms with Crippen molar-refractivity contribution in [3.05, 3.63) is 0 Å². The lowest BCUT2D eigenvalue weighted by molar-refractivity contribution is -0.125. The van der Waals surface area contributed by atoms with Gasteiger partial charge in [-0.1, -0.05) is 277 Å². The van der Waals surface area contributed by atoms with Crippen LogP contribution >= 0.6 is 0 Å². The summed E-state index contributed by atoms with van der Waals surface area (Å²) < 4.78 is 0. The number of nitrogens with one attached hydrogen (secondary N) is 1. The predicted molar refractivity (Wildman–Crippen MR) is 246 cm³/mol. The van der Waals surface area contributed by atoms with Crippen molar-refractivity contribution in [2.75, 3.05) is 6.61 Å². The molecule has 3 atom stereocenters. The van der Waals surface area contributed by atoms with Crippen LogP contribution in [0.1, 0.15) is 296 Å². The molecule has 0 saturated heterocycles. The highest BCUT2D eigenvalue weighted by Gasteiger charge is 2.21.